The van der Waals surface area contributed by atoms with Crippen LogP contribution in [0, 0.1) is 0 Å². The van der Waals surface area contributed by atoms with Gasteiger partial charge in [0.15, 0.2) is 0 Å². The Morgan fingerprint density at radius 2 is 1.76 bits per heavy atom. The van der Waals surface area contributed by atoms with Crippen LogP contribution in [0.3, 0.4) is 0 Å². The summed E-state index contributed by atoms with van der Waals surface area (Å²) in [5, 5.41) is 2.70. The summed E-state index contributed by atoms with van der Waals surface area (Å²) in [6.45, 7) is 8.77. The molecule has 0 bridgehead atoms. The smallest absolute Gasteiger partial charge is 0.354 e. The minimum Gasteiger partial charge on any atom is -0.380 e. The number of rotatable bonds is 8. The second-order valence-electron chi connectivity index (χ2n) is 11.5. The van der Waals surface area contributed by atoms with Gasteiger partial charge in [0.1, 0.15) is 5.82 Å². The van der Waals surface area contributed by atoms with Crippen molar-refractivity contribution in [2.45, 2.75) is 70.3 Å². The first-order valence-corrected chi connectivity index (χ1v) is 14.4. The highest BCUT2D eigenvalue weighted by molar-refractivity contribution is 5.89. The van der Waals surface area contributed by atoms with E-state index < -0.39 is 11.2 Å². The second-order valence-corrected chi connectivity index (χ2v) is 11.5. The second kappa shape index (κ2) is 13.1. The van der Waals surface area contributed by atoms with Gasteiger partial charge in [0, 0.05) is 58.1 Å². The lowest BCUT2D eigenvalue weighted by atomic mass is 9.88. The number of amides is 3. The maximum atomic E-state index is 12.8. The number of ether oxygens (including phenoxy) is 1. The molecular weight excluding hydrogens is 524 g/mol. The molecule has 1 aromatic heterocycles. The molecule has 4 rings (SSSR count). The monoisotopic (exact) mass is 568 g/mol. The van der Waals surface area contributed by atoms with Crippen LogP contribution >= 0.6 is 0 Å². The molecular formula is C29H44N8O4. The molecule has 2 fully saturated rings. The van der Waals surface area contributed by atoms with Crippen LogP contribution in [0.2, 0.25) is 0 Å². The number of hydrogen-bond acceptors (Lipinski definition) is 8. The summed E-state index contributed by atoms with van der Waals surface area (Å²) in [6.07, 6.45) is 4.63. The summed E-state index contributed by atoms with van der Waals surface area (Å²) in [5.41, 5.74) is 12.5. The molecule has 1 aliphatic carbocycles. The maximum Gasteiger partial charge on any atom is 0.354 e. The molecule has 12 nitrogen and oxygen atoms in total. The van der Waals surface area contributed by atoms with E-state index in [1.165, 1.54) is 4.57 Å². The maximum absolute atomic E-state index is 12.8. The molecule has 0 spiro atoms. The number of anilines is 1. The summed E-state index contributed by atoms with van der Waals surface area (Å²) >= 11 is 0. The Kier molecular flexibility index (Phi) is 9.80. The van der Waals surface area contributed by atoms with E-state index in [0.29, 0.717) is 37.9 Å². The zero-order valence-electron chi connectivity index (χ0n) is 24.6. The highest BCUT2D eigenvalue weighted by Gasteiger charge is 2.32. The van der Waals surface area contributed by atoms with Crippen LogP contribution in [-0.4, -0.2) is 99.7 Å². The zero-order valence-corrected chi connectivity index (χ0v) is 24.6. The predicted molar refractivity (Wildman–Crippen MR) is 158 cm³/mol. The number of piperazine rings is 1. The van der Waals surface area contributed by atoms with Crippen LogP contribution < -0.4 is 22.5 Å². The number of methoxy groups -OCH3 is 1. The fraction of sp³-hybridized carbons (Fsp3) is 0.586. The van der Waals surface area contributed by atoms with Crippen LogP contribution in [0.25, 0.3) is 5.69 Å². The van der Waals surface area contributed by atoms with Gasteiger partial charge in [-0.1, -0.05) is 19.1 Å². The van der Waals surface area contributed by atoms with Crippen molar-refractivity contribution in [3.63, 3.8) is 0 Å². The van der Waals surface area contributed by atoms with Gasteiger partial charge in [-0.25, -0.2) is 9.59 Å². The normalized spacial score (nSPS) is 21.7. The van der Waals surface area contributed by atoms with Crippen LogP contribution in [0.4, 0.5) is 10.6 Å². The largest absolute Gasteiger partial charge is 0.380 e. The van der Waals surface area contributed by atoms with Crippen molar-refractivity contribution in [1.29, 1.82) is 0 Å². The van der Waals surface area contributed by atoms with Crippen LogP contribution in [-0.2, 0) is 16.1 Å². The number of carbonyl (C=O) groups is 2. The van der Waals surface area contributed by atoms with E-state index in [1.807, 2.05) is 24.3 Å². The lowest BCUT2D eigenvalue weighted by molar-refractivity contribution is -0.137. The van der Waals surface area contributed by atoms with Gasteiger partial charge in [-0.3, -0.25) is 19.6 Å². The molecule has 1 saturated carbocycles. The summed E-state index contributed by atoms with van der Waals surface area (Å²) in [6, 6.07) is 9.61. The van der Waals surface area contributed by atoms with E-state index in [9.17, 15) is 14.4 Å². The number of benzene rings is 1. The molecule has 2 aromatic rings. The minimum absolute atomic E-state index is 0.0853. The fourth-order valence-corrected chi connectivity index (χ4v) is 5.61. The van der Waals surface area contributed by atoms with Crippen LogP contribution in [0.15, 0.2) is 41.3 Å². The first-order chi connectivity index (χ1) is 19.5. The third kappa shape index (κ3) is 7.50. The van der Waals surface area contributed by atoms with Crippen molar-refractivity contribution in [2.24, 2.45) is 11.5 Å². The molecule has 1 saturated heterocycles. The van der Waals surface area contributed by atoms with Gasteiger partial charge >= 0.3 is 11.7 Å². The fourth-order valence-electron chi connectivity index (χ4n) is 5.61. The molecule has 1 aromatic carbocycles. The quantitative estimate of drug-likeness (QED) is 0.432. The number of nitrogens with one attached hydrogen (secondary N) is 1. The van der Waals surface area contributed by atoms with E-state index in [-0.39, 0.29) is 29.9 Å². The summed E-state index contributed by atoms with van der Waals surface area (Å²) in [5.74, 6) is 0.0304. The molecule has 0 radical (unpaired) electrons. The number of carbonyl (C=O) groups excluding carboxylic acids is 2. The van der Waals surface area contributed by atoms with Gasteiger partial charge < -0.3 is 26.0 Å². The Bertz CT molecular complexity index is 1250. The Morgan fingerprint density at radius 3 is 2.34 bits per heavy atom. The highest BCUT2D eigenvalue weighted by Crippen LogP contribution is 2.26. The summed E-state index contributed by atoms with van der Waals surface area (Å²) in [7, 11) is 1.73. The van der Waals surface area contributed by atoms with Gasteiger partial charge in [-0.2, -0.15) is 4.98 Å². The average Bonchev–Trinajstić information content (AvgIpc) is 2.96. The van der Waals surface area contributed by atoms with Crippen LogP contribution in [0.1, 0.15) is 45.6 Å². The molecule has 1 aliphatic heterocycles. The standard InChI is InChI=1S/C29H44N8O4/c1-5-34(22-10-11-23(30)24(18-22)41-4)19-20-6-8-21(9-7-20)37-13-12-25(33-28(37)40)32-27(39)36-16-14-35(15-17-36)26(38)29(2,3)31/h6-9,12-13,22-24H,5,10-11,14-19,30-31H2,1-4H3,(H,32,33,39,40)/t22-,23?,24-/m0/s1. The van der Waals surface area contributed by atoms with E-state index in [0.717, 1.165) is 37.9 Å². The van der Waals surface area contributed by atoms with E-state index in [4.69, 9.17) is 16.2 Å². The SMILES string of the molecule is CCN(Cc1ccc(-n2ccc(NC(=O)N3CCN(C(=O)C(C)(C)N)CC3)nc2=O)cc1)[C@H]1CCC(N)[C@@H](OC)C1. The highest BCUT2D eigenvalue weighted by atomic mass is 16.5. The molecule has 2 aliphatic rings. The molecule has 3 amide bonds. The van der Waals surface area contributed by atoms with Gasteiger partial charge in [-0.15, -0.1) is 0 Å². The van der Waals surface area contributed by atoms with Gasteiger partial charge in [0.05, 0.1) is 17.3 Å². The number of nitrogens with two attached hydrogens (primary N) is 2. The van der Waals surface area contributed by atoms with Crippen LogP contribution in [0.5, 0.6) is 0 Å². The van der Waals surface area contributed by atoms with E-state index in [1.54, 1.807) is 43.0 Å². The molecule has 41 heavy (non-hydrogen) atoms. The predicted octanol–water partition coefficient (Wildman–Crippen LogP) is 1.36. The van der Waals surface area contributed by atoms with Crippen molar-refractivity contribution in [3.05, 3.63) is 52.6 Å². The first-order valence-electron chi connectivity index (χ1n) is 14.4. The number of nitrogens with zero attached hydrogens (tertiary/aromatic N) is 5. The van der Waals surface area contributed by atoms with Crippen molar-refractivity contribution in [2.75, 3.05) is 45.2 Å². The number of aromatic nitrogens is 2. The average molecular weight is 569 g/mol. The molecule has 12 heteroatoms. The van der Waals surface area contributed by atoms with Crippen molar-refractivity contribution < 1.29 is 14.3 Å². The third-order valence-corrected chi connectivity index (χ3v) is 8.08. The third-order valence-electron chi connectivity index (χ3n) is 8.08. The number of hydrogen-bond donors (Lipinski definition) is 3. The van der Waals surface area contributed by atoms with Gasteiger partial charge in [-0.05, 0) is 63.4 Å². The van der Waals surface area contributed by atoms with Crippen molar-refractivity contribution in [3.8, 4) is 5.69 Å². The first kappa shape index (κ1) is 30.6. The van der Waals surface area contributed by atoms with E-state index in [2.05, 4.69) is 22.1 Å². The van der Waals surface area contributed by atoms with Gasteiger partial charge in [0.25, 0.3) is 0 Å². The summed E-state index contributed by atoms with van der Waals surface area (Å²) < 4.78 is 7.05. The van der Waals surface area contributed by atoms with E-state index >= 15 is 0 Å². The van der Waals surface area contributed by atoms with Gasteiger partial charge in [0.2, 0.25) is 5.91 Å². The van der Waals surface area contributed by atoms with Crippen molar-refractivity contribution in [1.82, 2.24) is 24.3 Å². The molecule has 224 valence electrons. The topological polar surface area (TPSA) is 152 Å². The Hall–Kier alpha value is -3.32. The van der Waals surface area contributed by atoms with Crippen molar-refractivity contribution >= 4 is 17.8 Å². The molecule has 5 N–H and O–H groups in total. The molecule has 1 unspecified atom stereocenters. The Labute approximate surface area is 241 Å². The lowest BCUT2D eigenvalue weighted by Gasteiger charge is -2.39. The zero-order chi connectivity index (χ0) is 29.7. The molecule has 2 heterocycles. The number of urea groups is 1. The Morgan fingerprint density at radius 1 is 1.10 bits per heavy atom. The molecule has 3 atom stereocenters. The Balaban J connectivity index is 1.33. The summed E-state index contributed by atoms with van der Waals surface area (Å²) in [4.78, 5) is 47.7. The lowest BCUT2D eigenvalue weighted by Crippen LogP contribution is -2.58. The minimum atomic E-state index is -0.952.